The molecule has 28 heavy (non-hydrogen) atoms. The second-order valence-corrected chi connectivity index (χ2v) is 7.08. The number of rotatable bonds is 6. The van der Waals surface area contributed by atoms with Crippen molar-refractivity contribution in [2.24, 2.45) is 11.8 Å². The van der Waals surface area contributed by atoms with Crippen molar-refractivity contribution < 1.29 is 32.3 Å². The first-order chi connectivity index (χ1) is 13.2. The van der Waals surface area contributed by atoms with Crippen LogP contribution in [0.25, 0.3) is 0 Å². The summed E-state index contributed by atoms with van der Waals surface area (Å²) in [4.78, 5) is 37.9. The fraction of sp³-hybridized carbons (Fsp3) is 0.526. The zero-order chi connectivity index (χ0) is 20.3. The molecule has 2 fully saturated rings. The lowest BCUT2D eigenvalue weighted by Gasteiger charge is -2.19. The molecule has 2 atom stereocenters. The average Bonchev–Trinajstić information content (AvgIpc) is 2.90. The van der Waals surface area contributed by atoms with E-state index in [0.29, 0.717) is 18.4 Å². The van der Waals surface area contributed by atoms with E-state index in [1.54, 1.807) is 0 Å². The van der Waals surface area contributed by atoms with Crippen LogP contribution in [0, 0.1) is 11.8 Å². The summed E-state index contributed by atoms with van der Waals surface area (Å²) in [6, 6.07) is 5.83. The Morgan fingerprint density at radius 3 is 2.18 bits per heavy atom. The Hall–Kier alpha value is -2.58. The van der Waals surface area contributed by atoms with Crippen LogP contribution in [0.1, 0.15) is 31.2 Å². The molecule has 0 aromatic heterocycles. The molecule has 1 aliphatic heterocycles. The Bertz CT molecular complexity index is 725. The average molecular weight is 398 g/mol. The molecule has 1 saturated carbocycles. The first-order valence-electron chi connectivity index (χ1n) is 9.15. The first kappa shape index (κ1) is 20.2. The van der Waals surface area contributed by atoms with Crippen LogP contribution in [0.2, 0.25) is 0 Å². The predicted octanol–water partition coefficient (Wildman–Crippen LogP) is 2.42. The minimum atomic E-state index is -4.41. The lowest BCUT2D eigenvalue weighted by Crippen LogP contribution is -2.40. The Morgan fingerprint density at radius 2 is 1.64 bits per heavy atom. The molecule has 0 radical (unpaired) electrons. The molecule has 152 valence electrons. The number of benzene rings is 1. The van der Waals surface area contributed by atoms with Gasteiger partial charge in [0, 0.05) is 6.54 Å². The zero-order valence-electron chi connectivity index (χ0n) is 15.1. The number of carbonyl (C=O) groups is 3. The highest BCUT2D eigenvalue weighted by Crippen LogP contribution is 2.37. The van der Waals surface area contributed by atoms with Gasteiger partial charge in [-0.2, -0.15) is 13.2 Å². The van der Waals surface area contributed by atoms with Crippen LogP contribution in [0.5, 0.6) is 5.75 Å². The number of likely N-dealkylation sites (tertiary alicyclic amines) is 1. The largest absolute Gasteiger partial charge is 0.484 e. The van der Waals surface area contributed by atoms with Crippen molar-refractivity contribution in [1.29, 1.82) is 0 Å². The molecule has 1 aliphatic carbocycles. The van der Waals surface area contributed by atoms with Crippen LogP contribution in [-0.4, -0.2) is 41.9 Å². The van der Waals surface area contributed by atoms with Crippen molar-refractivity contribution in [2.75, 3.05) is 13.2 Å². The number of carbonyl (C=O) groups excluding carboxylic acids is 3. The van der Waals surface area contributed by atoms with Gasteiger partial charge in [-0.25, -0.2) is 0 Å². The first-order valence-corrected chi connectivity index (χ1v) is 9.15. The third-order valence-electron chi connectivity index (χ3n) is 5.05. The number of amides is 3. The Kier molecular flexibility index (Phi) is 5.90. The van der Waals surface area contributed by atoms with Gasteiger partial charge in [-0.3, -0.25) is 19.3 Å². The molecular formula is C19H21F3N2O4. The Morgan fingerprint density at radius 1 is 1.07 bits per heavy atom. The second-order valence-electron chi connectivity index (χ2n) is 7.08. The van der Waals surface area contributed by atoms with Gasteiger partial charge in [-0.15, -0.1) is 0 Å². The molecule has 1 saturated heterocycles. The normalized spacial score (nSPS) is 22.2. The van der Waals surface area contributed by atoms with E-state index in [-0.39, 0.29) is 42.5 Å². The molecule has 0 spiro atoms. The van der Waals surface area contributed by atoms with Crippen molar-refractivity contribution in [2.45, 2.75) is 38.4 Å². The van der Waals surface area contributed by atoms with E-state index in [1.165, 1.54) is 24.3 Å². The summed E-state index contributed by atoms with van der Waals surface area (Å²) in [6.07, 6.45) is -1.19. The Balaban J connectivity index is 1.48. The lowest BCUT2D eigenvalue weighted by molar-refractivity contribution is -0.153. The highest BCUT2D eigenvalue weighted by molar-refractivity contribution is 6.07. The summed E-state index contributed by atoms with van der Waals surface area (Å²) in [5, 5.41) is 2.62. The molecule has 2 unspecified atom stereocenters. The van der Waals surface area contributed by atoms with E-state index in [0.717, 1.165) is 17.7 Å². The minimum Gasteiger partial charge on any atom is -0.484 e. The maximum Gasteiger partial charge on any atom is 0.422 e. The quantitative estimate of drug-likeness (QED) is 0.747. The van der Waals surface area contributed by atoms with Crippen LogP contribution in [-0.2, 0) is 20.9 Å². The molecule has 3 amide bonds. The number of alkyl halides is 3. The van der Waals surface area contributed by atoms with Crippen molar-refractivity contribution in [3.8, 4) is 5.75 Å². The van der Waals surface area contributed by atoms with Crippen molar-refractivity contribution >= 4 is 17.7 Å². The predicted molar refractivity (Wildman–Crippen MR) is 92.0 cm³/mol. The number of hydrogen-bond donors (Lipinski definition) is 1. The van der Waals surface area contributed by atoms with Gasteiger partial charge in [0.05, 0.1) is 11.8 Å². The van der Waals surface area contributed by atoms with Crippen LogP contribution in [0.4, 0.5) is 13.2 Å². The maximum absolute atomic E-state index is 12.4. The number of halogens is 3. The van der Waals surface area contributed by atoms with Gasteiger partial charge in [0.15, 0.2) is 6.61 Å². The SMILES string of the molecule is O=C(CN1C(=O)C2CCCCC2C1=O)NCc1ccc(OCC(F)(F)F)cc1. The molecule has 2 aliphatic rings. The smallest absolute Gasteiger partial charge is 0.422 e. The lowest BCUT2D eigenvalue weighted by atomic mass is 9.81. The summed E-state index contributed by atoms with van der Waals surface area (Å²) in [5.41, 5.74) is 0.653. The van der Waals surface area contributed by atoms with Gasteiger partial charge in [0.2, 0.25) is 17.7 Å². The molecule has 1 aromatic carbocycles. The molecule has 1 N–H and O–H groups in total. The zero-order valence-corrected chi connectivity index (χ0v) is 15.1. The fourth-order valence-corrected chi connectivity index (χ4v) is 3.66. The van der Waals surface area contributed by atoms with Gasteiger partial charge >= 0.3 is 6.18 Å². The van der Waals surface area contributed by atoms with Gasteiger partial charge < -0.3 is 10.1 Å². The number of fused-ring (bicyclic) bond motifs is 1. The Labute approximate surface area is 160 Å². The van der Waals surface area contributed by atoms with E-state index in [2.05, 4.69) is 10.1 Å². The van der Waals surface area contributed by atoms with E-state index in [4.69, 9.17) is 0 Å². The van der Waals surface area contributed by atoms with Crippen molar-refractivity contribution in [1.82, 2.24) is 10.2 Å². The summed E-state index contributed by atoms with van der Waals surface area (Å²) < 4.78 is 41.0. The summed E-state index contributed by atoms with van der Waals surface area (Å²) in [5.74, 6) is -1.51. The highest BCUT2D eigenvalue weighted by atomic mass is 19.4. The monoisotopic (exact) mass is 398 g/mol. The van der Waals surface area contributed by atoms with Crippen LogP contribution < -0.4 is 10.1 Å². The second kappa shape index (κ2) is 8.20. The molecule has 6 nitrogen and oxygen atoms in total. The maximum atomic E-state index is 12.4. The number of hydrogen-bond acceptors (Lipinski definition) is 4. The summed E-state index contributed by atoms with van der Waals surface area (Å²) in [7, 11) is 0. The van der Waals surface area contributed by atoms with E-state index in [9.17, 15) is 27.6 Å². The molecule has 1 aromatic rings. The van der Waals surface area contributed by atoms with Crippen molar-refractivity contribution in [3.63, 3.8) is 0 Å². The number of nitrogens with zero attached hydrogens (tertiary/aromatic N) is 1. The number of nitrogens with one attached hydrogen (secondary N) is 1. The van der Waals surface area contributed by atoms with Crippen LogP contribution in [0.15, 0.2) is 24.3 Å². The van der Waals surface area contributed by atoms with Gasteiger partial charge in [0.1, 0.15) is 12.3 Å². The number of imide groups is 1. The highest BCUT2D eigenvalue weighted by Gasteiger charge is 2.48. The van der Waals surface area contributed by atoms with Crippen LogP contribution in [0.3, 0.4) is 0 Å². The van der Waals surface area contributed by atoms with Gasteiger partial charge in [-0.05, 0) is 30.5 Å². The molecule has 0 bridgehead atoms. The van der Waals surface area contributed by atoms with Gasteiger partial charge in [0.25, 0.3) is 0 Å². The third kappa shape index (κ3) is 4.82. The molecule has 1 heterocycles. The minimum absolute atomic E-state index is 0.0725. The van der Waals surface area contributed by atoms with E-state index >= 15 is 0 Å². The third-order valence-corrected chi connectivity index (χ3v) is 5.05. The topological polar surface area (TPSA) is 75.7 Å². The fourth-order valence-electron chi connectivity index (χ4n) is 3.66. The summed E-state index contributed by atoms with van der Waals surface area (Å²) in [6.45, 7) is -1.55. The molecule has 3 rings (SSSR count). The van der Waals surface area contributed by atoms with Gasteiger partial charge in [-0.1, -0.05) is 25.0 Å². The van der Waals surface area contributed by atoms with Crippen LogP contribution >= 0.6 is 0 Å². The standard InChI is InChI=1S/C19H21F3N2O4/c20-19(21,22)11-28-13-7-5-12(6-8-13)9-23-16(25)10-24-17(26)14-3-1-2-4-15(14)18(24)27/h5-8,14-15H,1-4,9-11H2,(H,23,25). The number of ether oxygens (including phenoxy) is 1. The molecular weight excluding hydrogens is 377 g/mol. The van der Waals surface area contributed by atoms with Crippen molar-refractivity contribution in [3.05, 3.63) is 29.8 Å². The van der Waals surface area contributed by atoms with E-state index < -0.39 is 18.7 Å². The summed E-state index contributed by atoms with van der Waals surface area (Å²) >= 11 is 0. The van der Waals surface area contributed by atoms with E-state index in [1.807, 2.05) is 0 Å². The molecule has 9 heteroatoms.